The number of nitrogens with zero attached hydrogens (tertiary/aromatic N) is 2. The average molecular weight is 294 g/mol. The van der Waals surface area contributed by atoms with Crippen molar-refractivity contribution in [1.29, 1.82) is 0 Å². The van der Waals surface area contributed by atoms with E-state index in [1.54, 1.807) is 6.20 Å². The Morgan fingerprint density at radius 3 is 2.90 bits per heavy atom. The van der Waals surface area contributed by atoms with Crippen LogP contribution in [0.25, 0.3) is 0 Å². The van der Waals surface area contributed by atoms with Gasteiger partial charge in [-0.2, -0.15) is 5.10 Å². The van der Waals surface area contributed by atoms with E-state index in [9.17, 15) is 0 Å². The number of hydrogen-bond acceptors (Lipinski definition) is 3. The van der Waals surface area contributed by atoms with Crippen LogP contribution in [0.15, 0.2) is 36.7 Å². The Morgan fingerprint density at radius 2 is 2.20 bits per heavy atom. The Labute approximate surface area is 124 Å². The Bertz CT molecular complexity index is 526. The summed E-state index contributed by atoms with van der Waals surface area (Å²) in [6, 6.07) is 8.05. The molecule has 0 atom stereocenters. The first-order chi connectivity index (χ1) is 9.66. The molecule has 1 aromatic heterocycles. The molecule has 5 heteroatoms. The van der Waals surface area contributed by atoms with Gasteiger partial charge in [0.2, 0.25) is 0 Å². The third-order valence-corrected chi connectivity index (χ3v) is 3.25. The summed E-state index contributed by atoms with van der Waals surface area (Å²) in [5, 5.41) is 8.24. The van der Waals surface area contributed by atoms with E-state index in [0.717, 1.165) is 22.9 Å². The second-order valence-electron chi connectivity index (χ2n) is 4.87. The smallest absolute Gasteiger partial charge is 0.125 e. The number of ether oxygens (including phenoxy) is 1. The van der Waals surface area contributed by atoms with Crippen LogP contribution in [-0.4, -0.2) is 22.4 Å². The predicted octanol–water partition coefficient (Wildman–Crippen LogP) is 3.11. The van der Waals surface area contributed by atoms with Crippen molar-refractivity contribution in [1.82, 2.24) is 15.1 Å². The molecule has 0 saturated carbocycles. The van der Waals surface area contributed by atoms with Gasteiger partial charge < -0.3 is 10.1 Å². The maximum absolute atomic E-state index is 6.25. The van der Waals surface area contributed by atoms with Crippen molar-refractivity contribution >= 4 is 11.6 Å². The van der Waals surface area contributed by atoms with Gasteiger partial charge in [-0.1, -0.05) is 31.5 Å². The number of halogens is 1. The molecule has 0 spiro atoms. The van der Waals surface area contributed by atoms with Gasteiger partial charge in [-0.05, 0) is 18.2 Å². The molecule has 108 valence electrons. The molecule has 1 N–H and O–H groups in total. The van der Waals surface area contributed by atoms with Crippen molar-refractivity contribution in [3.8, 4) is 5.75 Å². The summed E-state index contributed by atoms with van der Waals surface area (Å²) >= 11 is 6.25. The molecule has 0 unspecified atom stereocenters. The standard InChI is InChI=1S/C15H20ClN3O/c1-12(2)17-11-13-14(16)5-3-6-15(13)20-10-9-19-8-4-7-18-19/h3-8,12,17H,9-11H2,1-2H3. The SMILES string of the molecule is CC(C)NCc1c(Cl)cccc1OCCn1cccn1. The fourth-order valence-corrected chi connectivity index (χ4v) is 2.07. The number of benzene rings is 1. The molecule has 0 bridgehead atoms. The topological polar surface area (TPSA) is 39.1 Å². The normalized spacial score (nSPS) is 11.0. The summed E-state index contributed by atoms with van der Waals surface area (Å²) in [5.74, 6) is 0.831. The van der Waals surface area contributed by atoms with E-state index < -0.39 is 0 Å². The molecule has 0 radical (unpaired) electrons. The number of hydrogen-bond donors (Lipinski definition) is 1. The van der Waals surface area contributed by atoms with Crippen molar-refractivity contribution in [2.24, 2.45) is 0 Å². The molecular formula is C15H20ClN3O. The second kappa shape index (κ2) is 7.31. The van der Waals surface area contributed by atoms with Gasteiger partial charge in [-0.3, -0.25) is 4.68 Å². The molecule has 0 fully saturated rings. The Hall–Kier alpha value is -1.52. The third kappa shape index (κ3) is 4.25. The lowest BCUT2D eigenvalue weighted by Crippen LogP contribution is -2.22. The molecule has 0 saturated heterocycles. The van der Waals surface area contributed by atoms with Gasteiger partial charge in [0.05, 0.1) is 6.54 Å². The predicted molar refractivity (Wildman–Crippen MR) is 81.1 cm³/mol. The maximum atomic E-state index is 6.25. The van der Waals surface area contributed by atoms with Crippen LogP contribution in [0.5, 0.6) is 5.75 Å². The number of nitrogens with one attached hydrogen (secondary N) is 1. The second-order valence-corrected chi connectivity index (χ2v) is 5.28. The van der Waals surface area contributed by atoms with Gasteiger partial charge in [0, 0.05) is 35.6 Å². The molecule has 0 amide bonds. The summed E-state index contributed by atoms with van der Waals surface area (Å²) in [5.41, 5.74) is 1.00. The van der Waals surface area contributed by atoms with Gasteiger partial charge >= 0.3 is 0 Å². The first kappa shape index (κ1) is 14.9. The summed E-state index contributed by atoms with van der Waals surface area (Å²) in [7, 11) is 0. The van der Waals surface area contributed by atoms with Gasteiger partial charge in [0.15, 0.2) is 0 Å². The molecule has 1 heterocycles. The molecule has 0 aliphatic rings. The number of rotatable bonds is 7. The van der Waals surface area contributed by atoms with E-state index in [1.807, 2.05) is 35.1 Å². The average Bonchev–Trinajstić information content (AvgIpc) is 2.91. The zero-order chi connectivity index (χ0) is 14.4. The van der Waals surface area contributed by atoms with Crippen molar-refractivity contribution in [2.45, 2.75) is 33.0 Å². The van der Waals surface area contributed by atoms with Crippen molar-refractivity contribution < 1.29 is 4.74 Å². The Balaban J connectivity index is 1.97. The quantitative estimate of drug-likeness (QED) is 0.852. The fourth-order valence-electron chi connectivity index (χ4n) is 1.83. The summed E-state index contributed by atoms with van der Waals surface area (Å²) in [6.45, 7) is 6.20. The molecule has 2 rings (SSSR count). The highest BCUT2D eigenvalue weighted by molar-refractivity contribution is 6.31. The van der Waals surface area contributed by atoms with Crippen LogP contribution in [0.1, 0.15) is 19.4 Å². The van der Waals surface area contributed by atoms with E-state index in [0.29, 0.717) is 19.2 Å². The van der Waals surface area contributed by atoms with Gasteiger partial charge in [0.25, 0.3) is 0 Å². The molecule has 0 aliphatic carbocycles. The van der Waals surface area contributed by atoms with Crippen LogP contribution in [-0.2, 0) is 13.1 Å². The minimum atomic E-state index is 0.406. The Morgan fingerprint density at radius 1 is 1.35 bits per heavy atom. The lowest BCUT2D eigenvalue weighted by molar-refractivity contribution is 0.287. The summed E-state index contributed by atoms with van der Waals surface area (Å²) in [6.07, 6.45) is 3.68. The van der Waals surface area contributed by atoms with E-state index >= 15 is 0 Å². The minimum absolute atomic E-state index is 0.406. The molecule has 0 aliphatic heterocycles. The summed E-state index contributed by atoms with van der Waals surface area (Å²) in [4.78, 5) is 0. The van der Waals surface area contributed by atoms with Gasteiger partial charge in [-0.25, -0.2) is 0 Å². The van der Waals surface area contributed by atoms with Crippen molar-refractivity contribution in [3.63, 3.8) is 0 Å². The van der Waals surface area contributed by atoms with E-state index in [1.165, 1.54) is 0 Å². The first-order valence-electron chi connectivity index (χ1n) is 6.78. The third-order valence-electron chi connectivity index (χ3n) is 2.90. The van der Waals surface area contributed by atoms with E-state index in [-0.39, 0.29) is 0 Å². The van der Waals surface area contributed by atoms with Crippen molar-refractivity contribution in [2.75, 3.05) is 6.61 Å². The highest BCUT2D eigenvalue weighted by Crippen LogP contribution is 2.26. The van der Waals surface area contributed by atoms with E-state index in [4.69, 9.17) is 16.3 Å². The van der Waals surface area contributed by atoms with Crippen LogP contribution < -0.4 is 10.1 Å². The maximum Gasteiger partial charge on any atom is 0.125 e. The van der Waals surface area contributed by atoms with Gasteiger partial charge in [0.1, 0.15) is 12.4 Å². The lowest BCUT2D eigenvalue weighted by Gasteiger charge is -2.15. The zero-order valence-corrected chi connectivity index (χ0v) is 12.6. The first-order valence-corrected chi connectivity index (χ1v) is 7.15. The monoisotopic (exact) mass is 293 g/mol. The van der Waals surface area contributed by atoms with Crippen LogP contribution in [0.3, 0.4) is 0 Å². The van der Waals surface area contributed by atoms with Crippen molar-refractivity contribution in [3.05, 3.63) is 47.2 Å². The molecule has 2 aromatic rings. The van der Waals surface area contributed by atoms with Gasteiger partial charge in [-0.15, -0.1) is 0 Å². The highest BCUT2D eigenvalue weighted by Gasteiger charge is 2.08. The van der Waals surface area contributed by atoms with Crippen LogP contribution in [0, 0.1) is 0 Å². The largest absolute Gasteiger partial charge is 0.491 e. The minimum Gasteiger partial charge on any atom is -0.491 e. The molecule has 1 aromatic carbocycles. The van der Waals surface area contributed by atoms with Crippen LogP contribution in [0.2, 0.25) is 5.02 Å². The Kier molecular flexibility index (Phi) is 5.44. The van der Waals surface area contributed by atoms with Crippen LogP contribution in [0.4, 0.5) is 0 Å². The molecule has 20 heavy (non-hydrogen) atoms. The molecule has 4 nitrogen and oxygen atoms in total. The zero-order valence-electron chi connectivity index (χ0n) is 11.8. The van der Waals surface area contributed by atoms with E-state index in [2.05, 4.69) is 24.3 Å². The number of aromatic nitrogens is 2. The molecular weight excluding hydrogens is 274 g/mol. The highest BCUT2D eigenvalue weighted by atomic mass is 35.5. The lowest BCUT2D eigenvalue weighted by atomic mass is 10.2. The van der Waals surface area contributed by atoms with Crippen LogP contribution >= 0.6 is 11.6 Å². The fraction of sp³-hybridized carbons (Fsp3) is 0.400. The summed E-state index contributed by atoms with van der Waals surface area (Å²) < 4.78 is 7.68.